The highest BCUT2D eigenvalue weighted by molar-refractivity contribution is 5.74. The average Bonchev–Trinajstić information content (AvgIpc) is 2.77. The van der Waals surface area contributed by atoms with Crippen molar-refractivity contribution < 1.29 is 9.84 Å². The summed E-state index contributed by atoms with van der Waals surface area (Å²) in [6.45, 7) is 2.80. The number of benzene rings is 1. The molecule has 6 nitrogen and oxygen atoms in total. The summed E-state index contributed by atoms with van der Waals surface area (Å²) in [5, 5.41) is 21.5. The number of ether oxygens (including phenoxy) is 1. The number of fused-ring (bicyclic) bond motifs is 1. The fraction of sp³-hybridized carbons (Fsp3) is 0.462. The lowest BCUT2D eigenvalue weighted by atomic mass is 9.97. The topological polar surface area (TPSA) is 80.2 Å². The zero-order chi connectivity index (χ0) is 13.3. The third-order valence-corrected chi connectivity index (χ3v) is 3.57. The van der Waals surface area contributed by atoms with Crippen LogP contribution < -0.4 is 5.32 Å². The summed E-state index contributed by atoms with van der Waals surface area (Å²) < 4.78 is 5.38. The molecule has 0 aliphatic carbocycles. The predicted octanol–water partition coefficient (Wildman–Crippen LogP) is 0.977. The van der Waals surface area contributed by atoms with Crippen LogP contribution in [0.3, 0.4) is 0 Å². The van der Waals surface area contributed by atoms with Crippen molar-refractivity contribution in [2.45, 2.75) is 25.0 Å². The van der Waals surface area contributed by atoms with Gasteiger partial charge < -0.3 is 15.2 Å². The molecule has 2 N–H and O–H groups in total. The van der Waals surface area contributed by atoms with E-state index in [9.17, 15) is 5.11 Å². The molecule has 19 heavy (non-hydrogen) atoms. The van der Waals surface area contributed by atoms with Gasteiger partial charge in [-0.15, -0.1) is 10.2 Å². The van der Waals surface area contributed by atoms with E-state index in [1.54, 1.807) is 0 Å². The van der Waals surface area contributed by atoms with Crippen molar-refractivity contribution in [3.8, 4) is 0 Å². The molecule has 1 saturated heterocycles. The summed E-state index contributed by atoms with van der Waals surface area (Å²) in [6.07, 6.45) is 0.427. The molecule has 2 heterocycles. The Bertz CT molecular complexity index is 592. The Morgan fingerprint density at radius 3 is 2.89 bits per heavy atom. The van der Waals surface area contributed by atoms with Gasteiger partial charge in [-0.2, -0.15) is 0 Å². The molecule has 0 radical (unpaired) electrons. The monoisotopic (exact) mass is 260 g/mol. The zero-order valence-corrected chi connectivity index (χ0v) is 10.7. The van der Waals surface area contributed by atoms with Crippen LogP contribution in [-0.2, 0) is 4.74 Å². The highest BCUT2D eigenvalue weighted by Crippen LogP contribution is 2.25. The van der Waals surface area contributed by atoms with Gasteiger partial charge >= 0.3 is 0 Å². The zero-order valence-electron chi connectivity index (χ0n) is 10.7. The molecule has 0 spiro atoms. The van der Waals surface area contributed by atoms with Gasteiger partial charge in [0.15, 0.2) is 0 Å². The van der Waals surface area contributed by atoms with E-state index in [-0.39, 0.29) is 6.10 Å². The lowest BCUT2D eigenvalue weighted by molar-refractivity contribution is -0.0176. The first-order valence-electron chi connectivity index (χ1n) is 6.35. The van der Waals surface area contributed by atoms with Crippen LogP contribution in [0.1, 0.15) is 13.3 Å². The van der Waals surface area contributed by atoms with E-state index >= 15 is 0 Å². The fourth-order valence-electron chi connectivity index (χ4n) is 2.19. The second-order valence-electron chi connectivity index (χ2n) is 4.84. The van der Waals surface area contributed by atoms with E-state index in [0.29, 0.717) is 25.5 Å². The standard InChI is InChI=1S/C13H16N4O2/c1-9-13(18,6-7-19-9)8-14-12-15-10-4-2-3-5-11(10)16-17-12/h2-5,9,18H,6-8H2,1H3,(H,14,15,17). The first kappa shape index (κ1) is 12.3. The summed E-state index contributed by atoms with van der Waals surface area (Å²) >= 11 is 0. The maximum Gasteiger partial charge on any atom is 0.243 e. The van der Waals surface area contributed by atoms with Crippen LogP contribution in [0, 0.1) is 0 Å². The quantitative estimate of drug-likeness (QED) is 0.856. The van der Waals surface area contributed by atoms with Crippen LogP contribution >= 0.6 is 0 Å². The fourth-order valence-corrected chi connectivity index (χ4v) is 2.19. The summed E-state index contributed by atoms with van der Waals surface area (Å²) in [5.74, 6) is 0.422. The van der Waals surface area contributed by atoms with Gasteiger partial charge in [-0.25, -0.2) is 4.98 Å². The lowest BCUT2D eigenvalue weighted by Gasteiger charge is -2.25. The summed E-state index contributed by atoms with van der Waals surface area (Å²) in [6, 6.07) is 7.54. The molecular weight excluding hydrogens is 244 g/mol. The van der Waals surface area contributed by atoms with Crippen LogP contribution in [0.25, 0.3) is 11.0 Å². The maximum absolute atomic E-state index is 10.4. The van der Waals surface area contributed by atoms with E-state index < -0.39 is 5.60 Å². The highest BCUT2D eigenvalue weighted by Gasteiger charge is 2.39. The van der Waals surface area contributed by atoms with Gasteiger partial charge in [-0.05, 0) is 19.1 Å². The minimum atomic E-state index is -0.866. The molecule has 0 bridgehead atoms. The molecule has 0 saturated carbocycles. The van der Waals surface area contributed by atoms with Crippen molar-refractivity contribution in [2.75, 3.05) is 18.5 Å². The van der Waals surface area contributed by atoms with Crippen LogP contribution in [0.5, 0.6) is 0 Å². The molecule has 1 fully saturated rings. The Hall–Kier alpha value is -1.79. The number of para-hydroxylation sites is 1. The Balaban J connectivity index is 1.75. The number of rotatable bonds is 3. The predicted molar refractivity (Wildman–Crippen MR) is 70.8 cm³/mol. The third-order valence-electron chi connectivity index (χ3n) is 3.57. The smallest absolute Gasteiger partial charge is 0.243 e. The second kappa shape index (κ2) is 4.71. The third kappa shape index (κ3) is 2.36. The van der Waals surface area contributed by atoms with Crippen molar-refractivity contribution in [1.29, 1.82) is 0 Å². The number of hydrogen-bond donors (Lipinski definition) is 2. The molecule has 6 heteroatoms. The minimum Gasteiger partial charge on any atom is -0.385 e. The van der Waals surface area contributed by atoms with Crippen molar-refractivity contribution in [2.24, 2.45) is 0 Å². The maximum atomic E-state index is 10.4. The van der Waals surface area contributed by atoms with Gasteiger partial charge in [0.25, 0.3) is 0 Å². The van der Waals surface area contributed by atoms with Crippen molar-refractivity contribution in [1.82, 2.24) is 15.2 Å². The van der Waals surface area contributed by atoms with Gasteiger partial charge in [0.05, 0.1) is 11.6 Å². The number of anilines is 1. The molecule has 2 aromatic rings. The van der Waals surface area contributed by atoms with E-state index in [1.807, 2.05) is 31.2 Å². The molecule has 1 aliphatic heterocycles. The molecule has 1 aliphatic rings. The first-order chi connectivity index (χ1) is 9.17. The molecular formula is C13H16N4O2. The van der Waals surface area contributed by atoms with Gasteiger partial charge in [-0.1, -0.05) is 12.1 Å². The lowest BCUT2D eigenvalue weighted by Crippen LogP contribution is -2.43. The molecule has 2 unspecified atom stereocenters. The van der Waals surface area contributed by atoms with Gasteiger partial charge in [0, 0.05) is 19.6 Å². The summed E-state index contributed by atoms with van der Waals surface area (Å²) in [7, 11) is 0. The van der Waals surface area contributed by atoms with Gasteiger partial charge in [-0.3, -0.25) is 0 Å². The van der Waals surface area contributed by atoms with E-state index in [0.717, 1.165) is 11.0 Å². The van der Waals surface area contributed by atoms with Crippen LogP contribution in [0.15, 0.2) is 24.3 Å². The average molecular weight is 260 g/mol. The second-order valence-corrected chi connectivity index (χ2v) is 4.84. The Morgan fingerprint density at radius 1 is 1.37 bits per heavy atom. The Morgan fingerprint density at radius 2 is 2.16 bits per heavy atom. The highest BCUT2D eigenvalue weighted by atomic mass is 16.5. The van der Waals surface area contributed by atoms with E-state index in [2.05, 4.69) is 20.5 Å². The molecule has 0 amide bonds. The number of nitrogens with one attached hydrogen (secondary N) is 1. The Labute approximate surface area is 110 Å². The number of hydrogen-bond acceptors (Lipinski definition) is 6. The molecule has 1 aromatic carbocycles. The van der Waals surface area contributed by atoms with Crippen LogP contribution in [0.2, 0.25) is 0 Å². The normalized spacial score (nSPS) is 26.7. The van der Waals surface area contributed by atoms with E-state index in [1.165, 1.54) is 0 Å². The number of nitrogens with zero attached hydrogens (tertiary/aromatic N) is 3. The summed E-state index contributed by atoms with van der Waals surface area (Å²) in [4.78, 5) is 4.36. The summed E-state index contributed by atoms with van der Waals surface area (Å²) in [5.41, 5.74) is 0.668. The molecule has 1 aromatic heterocycles. The Kier molecular flexibility index (Phi) is 3.04. The SMILES string of the molecule is CC1OCCC1(O)CNc1nnc2ccccc2n1. The van der Waals surface area contributed by atoms with Crippen molar-refractivity contribution >= 4 is 17.0 Å². The van der Waals surface area contributed by atoms with Crippen molar-refractivity contribution in [3.05, 3.63) is 24.3 Å². The number of aromatic nitrogens is 3. The van der Waals surface area contributed by atoms with Gasteiger partial charge in [0.1, 0.15) is 11.1 Å². The first-order valence-corrected chi connectivity index (χ1v) is 6.35. The molecule has 3 rings (SSSR count). The van der Waals surface area contributed by atoms with Crippen LogP contribution in [0.4, 0.5) is 5.95 Å². The van der Waals surface area contributed by atoms with Crippen LogP contribution in [-0.4, -0.2) is 45.1 Å². The minimum absolute atomic E-state index is 0.187. The largest absolute Gasteiger partial charge is 0.385 e. The number of aliphatic hydroxyl groups is 1. The molecule has 2 atom stereocenters. The van der Waals surface area contributed by atoms with E-state index in [4.69, 9.17) is 4.74 Å². The van der Waals surface area contributed by atoms with Gasteiger partial charge in [0.2, 0.25) is 5.95 Å². The molecule has 100 valence electrons. The van der Waals surface area contributed by atoms with Crippen molar-refractivity contribution in [3.63, 3.8) is 0 Å².